The van der Waals surface area contributed by atoms with Gasteiger partial charge in [0, 0.05) is 23.9 Å². The van der Waals surface area contributed by atoms with E-state index in [4.69, 9.17) is 0 Å². The molecule has 1 N–H and O–H groups in total. The topological polar surface area (TPSA) is 17.3 Å². The highest BCUT2D eigenvalue weighted by Gasteiger charge is 2.05. The Kier molecular flexibility index (Phi) is 4.27. The Bertz CT molecular complexity index is 707. The van der Waals surface area contributed by atoms with Gasteiger partial charge in [-0.2, -0.15) is 0 Å². The van der Waals surface area contributed by atoms with Crippen molar-refractivity contribution in [3.8, 4) is 0 Å². The van der Waals surface area contributed by atoms with Gasteiger partial charge in [-0.1, -0.05) is 42.5 Å². The molecule has 1 aromatic heterocycles. The molecule has 1 heterocycles. The van der Waals surface area contributed by atoms with Crippen LogP contribution in [0.3, 0.4) is 0 Å². The van der Waals surface area contributed by atoms with Crippen LogP contribution in [0.5, 0.6) is 0 Å². The lowest BCUT2D eigenvalue weighted by molar-refractivity contribution is -0.893. The van der Waals surface area contributed by atoms with E-state index < -0.39 is 0 Å². The third-order valence-electron chi connectivity index (χ3n) is 3.85. The molecule has 3 rings (SSSR count). The third kappa shape index (κ3) is 3.67. The van der Waals surface area contributed by atoms with Crippen LogP contribution in [0.2, 0.25) is 0 Å². The number of nitrogens with one attached hydrogen (secondary N) is 1. The van der Waals surface area contributed by atoms with Crippen LogP contribution in [0.15, 0.2) is 66.9 Å². The minimum absolute atomic E-state index is 1.03. The van der Waals surface area contributed by atoms with Crippen LogP contribution >= 0.6 is 0 Å². The fourth-order valence-electron chi connectivity index (χ4n) is 2.67. The lowest BCUT2D eigenvalue weighted by Gasteiger charge is -2.14. The van der Waals surface area contributed by atoms with Crippen LogP contribution in [0.25, 0.3) is 10.8 Å². The molecular formula is C19H21N2+. The Morgan fingerprint density at radius 3 is 2.52 bits per heavy atom. The number of aromatic nitrogens is 1. The number of pyridine rings is 1. The third-order valence-corrected chi connectivity index (χ3v) is 3.85. The predicted molar refractivity (Wildman–Crippen MR) is 87.3 cm³/mol. The molecule has 0 saturated carbocycles. The molecule has 2 aromatic carbocycles. The summed E-state index contributed by atoms with van der Waals surface area (Å²) in [6, 6.07) is 21.4. The molecule has 0 bridgehead atoms. The van der Waals surface area contributed by atoms with Crippen molar-refractivity contribution in [1.29, 1.82) is 0 Å². The number of quaternary nitrogens is 1. The summed E-state index contributed by atoms with van der Waals surface area (Å²) in [5, 5.41) is 2.64. The summed E-state index contributed by atoms with van der Waals surface area (Å²) in [6.45, 7) is 2.15. The Balaban J connectivity index is 1.62. The number of nitrogens with zero attached hydrogens (tertiary/aromatic N) is 1. The van der Waals surface area contributed by atoms with Crippen molar-refractivity contribution in [2.75, 3.05) is 13.6 Å². The van der Waals surface area contributed by atoms with Gasteiger partial charge in [-0.25, -0.2) is 0 Å². The van der Waals surface area contributed by atoms with E-state index in [0.29, 0.717) is 0 Å². The minimum atomic E-state index is 1.03. The summed E-state index contributed by atoms with van der Waals surface area (Å²) in [4.78, 5) is 5.90. The first-order valence-electron chi connectivity index (χ1n) is 7.50. The maximum absolute atomic E-state index is 4.39. The summed E-state index contributed by atoms with van der Waals surface area (Å²) in [7, 11) is 2.25. The number of fused-ring (bicyclic) bond motifs is 1. The van der Waals surface area contributed by atoms with Gasteiger partial charge >= 0.3 is 0 Å². The van der Waals surface area contributed by atoms with Gasteiger partial charge in [-0.05, 0) is 29.0 Å². The van der Waals surface area contributed by atoms with Gasteiger partial charge in [-0.15, -0.1) is 0 Å². The standard InChI is InChI=1S/C19H20N2/c1-21(13-11-19-8-4-5-12-20-19)15-16-9-10-17-6-2-3-7-18(17)14-16/h2-10,12,14H,11,13,15H2,1H3/p+1. The fraction of sp³-hybridized carbons (Fsp3) is 0.211. The Hall–Kier alpha value is -2.19. The zero-order valence-corrected chi connectivity index (χ0v) is 12.4. The highest BCUT2D eigenvalue weighted by Crippen LogP contribution is 2.14. The molecule has 1 unspecified atom stereocenters. The molecule has 0 aliphatic heterocycles. The maximum Gasteiger partial charge on any atom is 0.103 e. The van der Waals surface area contributed by atoms with E-state index in [1.807, 2.05) is 12.3 Å². The highest BCUT2D eigenvalue weighted by molar-refractivity contribution is 5.82. The van der Waals surface area contributed by atoms with Gasteiger partial charge in [0.2, 0.25) is 0 Å². The SMILES string of the molecule is C[NH+](CCc1ccccn1)Cc1ccc2ccccc2c1. The summed E-state index contributed by atoms with van der Waals surface area (Å²) in [5.41, 5.74) is 2.57. The molecule has 1 atom stereocenters. The smallest absolute Gasteiger partial charge is 0.103 e. The summed E-state index contributed by atoms with van der Waals surface area (Å²) in [6.07, 6.45) is 2.90. The molecule has 0 amide bonds. The van der Waals surface area contributed by atoms with Crippen molar-refractivity contribution < 1.29 is 4.90 Å². The van der Waals surface area contributed by atoms with Crippen molar-refractivity contribution in [3.05, 3.63) is 78.1 Å². The summed E-state index contributed by atoms with van der Waals surface area (Å²) < 4.78 is 0. The quantitative estimate of drug-likeness (QED) is 0.758. The Morgan fingerprint density at radius 1 is 0.905 bits per heavy atom. The molecule has 0 spiro atoms. The first-order valence-corrected chi connectivity index (χ1v) is 7.50. The van der Waals surface area contributed by atoms with Crippen molar-refractivity contribution in [3.63, 3.8) is 0 Å². The summed E-state index contributed by atoms with van der Waals surface area (Å²) >= 11 is 0. The number of benzene rings is 2. The zero-order valence-electron chi connectivity index (χ0n) is 12.4. The van der Waals surface area contributed by atoms with Gasteiger partial charge in [0.05, 0.1) is 13.6 Å². The van der Waals surface area contributed by atoms with Crippen LogP contribution in [0.4, 0.5) is 0 Å². The highest BCUT2D eigenvalue weighted by atomic mass is 15.1. The van der Waals surface area contributed by atoms with Gasteiger partial charge in [0.15, 0.2) is 0 Å². The predicted octanol–water partition coefficient (Wildman–Crippen LogP) is 2.49. The van der Waals surface area contributed by atoms with E-state index in [9.17, 15) is 0 Å². The lowest BCUT2D eigenvalue weighted by atomic mass is 10.1. The van der Waals surface area contributed by atoms with Crippen LogP contribution in [0.1, 0.15) is 11.3 Å². The normalized spacial score (nSPS) is 12.4. The van der Waals surface area contributed by atoms with Crippen LogP contribution in [0, 0.1) is 0 Å². The molecule has 2 nitrogen and oxygen atoms in total. The molecule has 0 radical (unpaired) electrons. The second-order valence-electron chi connectivity index (χ2n) is 5.64. The average molecular weight is 277 g/mol. The van der Waals surface area contributed by atoms with E-state index in [-0.39, 0.29) is 0 Å². The van der Waals surface area contributed by atoms with E-state index in [1.54, 1.807) is 0 Å². The monoisotopic (exact) mass is 277 g/mol. The molecule has 0 saturated heterocycles. The molecule has 0 aliphatic carbocycles. The van der Waals surface area contributed by atoms with Crippen molar-refractivity contribution in [1.82, 2.24) is 4.98 Å². The van der Waals surface area contributed by atoms with Crippen LogP contribution < -0.4 is 4.90 Å². The van der Waals surface area contributed by atoms with Gasteiger partial charge in [-0.3, -0.25) is 4.98 Å². The molecule has 21 heavy (non-hydrogen) atoms. The van der Waals surface area contributed by atoms with Crippen molar-refractivity contribution >= 4 is 10.8 Å². The fourth-order valence-corrected chi connectivity index (χ4v) is 2.67. The van der Waals surface area contributed by atoms with Crippen molar-refractivity contribution in [2.45, 2.75) is 13.0 Å². The second kappa shape index (κ2) is 6.51. The summed E-state index contributed by atoms with van der Waals surface area (Å²) in [5.74, 6) is 0. The Morgan fingerprint density at radius 2 is 1.71 bits per heavy atom. The zero-order chi connectivity index (χ0) is 14.5. The molecule has 3 aromatic rings. The van der Waals surface area contributed by atoms with Gasteiger partial charge in [0.25, 0.3) is 0 Å². The van der Waals surface area contributed by atoms with Crippen LogP contribution in [-0.2, 0) is 13.0 Å². The van der Waals surface area contributed by atoms with Crippen LogP contribution in [-0.4, -0.2) is 18.6 Å². The minimum Gasteiger partial charge on any atom is -0.333 e. The van der Waals surface area contributed by atoms with E-state index >= 15 is 0 Å². The van der Waals surface area contributed by atoms with Crippen molar-refractivity contribution in [2.24, 2.45) is 0 Å². The molecular weight excluding hydrogens is 256 g/mol. The molecule has 2 heteroatoms. The molecule has 0 fully saturated rings. The van der Waals surface area contributed by atoms with Gasteiger partial charge < -0.3 is 4.90 Å². The lowest BCUT2D eigenvalue weighted by Crippen LogP contribution is -3.07. The molecule has 0 aliphatic rings. The first kappa shape index (κ1) is 13.8. The largest absolute Gasteiger partial charge is 0.333 e. The average Bonchev–Trinajstić information content (AvgIpc) is 2.54. The Labute approximate surface area is 126 Å². The van der Waals surface area contributed by atoms with E-state index in [0.717, 1.165) is 19.5 Å². The second-order valence-corrected chi connectivity index (χ2v) is 5.64. The number of hydrogen-bond acceptors (Lipinski definition) is 1. The number of likely N-dealkylation sites (N-methyl/N-ethyl adjacent to an activating group) is 1. The number of hydrogen-bond donors (Lipinski definition) is 1. The molecule has 106 valence electrons. The van der Waals surface area contributed by atoms with Gasteiger partial charge in [0.1, 0.15) is 6.54 Å². The first-order chi connectivity index (χ1) is 10.3. The van der Waals surface area contributed by atoms with E-state index in [1.165, 1.54) is 26.9 Å². The number of rotatable bonds is 5. The van der Waals surface area contributed by atoms with E-state index in [2.05, 4.69) is 66.6 Å². The maximum atomic E-state index is 4.39.